The second-order valence-corrected chi connectivity index (χ2v) is 6.31. The zero-order valence-electron chi connectivity index (χ0n) is 11.0. The first kappa shape index (κ1) is 12.7. The van der Waals surface area contributed by atoms with E-state index in [1.807, 2.05) is 20.8 Å². The van der Waals surface area contributed by atoms with Crippen LogP contribution in [0.2, 0.25) is 0 Å². The average molecular weight is 241 g/mol. The number of hydrogen-bond acceptors (Lipinski definition) is 3. The second-order valence-electron chi connectivity index (χ2n) is 6.31. The van der Waals surface area contributed by atoms with E-state index in [0.717, 1.165) is 0 Å². The van der Waals surface area contributed by atoms with Crippen molar-refractivity contribution in [3.63, 3.8) is 0 Å². The number of aliphatic hydroxyl groups excluding tert-OH is 1. The Labute approximate surface area is 103 Å². The molecule has 1 saturated carbocycles. The molecular weight excluding hydrogens is 218 g/mol. The summed E-state index contributed by atoms with van der Waals surface area (Å²) < 4.78 is 5.33. The van der Waals surface area contributed by atoms with Gasteiger partial charge in [0, 0.05) is 12.5 Å². The number of carbonyl (C=O) groups is 1. The Hall–Kier alpha value is -0.770. The van der Waals surface area contributed by atoms with Gasteiger partial charge in [-0.2, -0.15) is 0 Å². The standard InChI is InChI=1S/C13H23NO3/c1-13(2,3)17-12(16)14-7-10(11(15)8-14)9-5-4-6-9/h9-11,15H,4-8H2,1-3H3. The smallest absolute Gasteiger partial charge is 0.410 e. The lowest BCUT2D eigenvalue weighted by Gasteiger charge is -2.32. The van der Waals surface area contributed by atoms with Crippen molar-refractivity contribution in [3.05, 3.63) is 0 Å². The molecule has 2 fully saturated rings. The minimum Gasteiger partial charge on any atom is -0.444 e. The largest absolute Gasteiger partial charge is 0.444 e. The highest BCUT2D eigenvalue weighted by atomic mass is 16.6. The second kappa shape index (κ2) is 4.48. The van der Waals surface area contributed by atoms with Gasteiger partial charge in [-0.3, -0.25) is 0 Å². The number of amides is 1. The Kier molecular flexibility index (Phi) is 3.34. The van der Waals surface area contributed by atoms with E-state index in [4.69, 9.17) is 4.74 Å². The van der Waals surface area contributed by atoms with Crippen LogP contribution in [0.25, 0.3) is 0 Å². The molecule has 4 nitrogen and oxygen atoms in total. The van der Waals surface area contributed by atoms with E-state index >= 15 is 0 Å². The predicted octanol–water partition coefficient (Wildman–Crippen LogP) is 2.01. The molecule has 2 rings (SSSR count). The summed E-state index contributed by atoms with van der Waals surface area (Å²) in [7, 11) is 0. The SMILES string of the molecule is CC(C)(C)OC(=O)N1CC(O)C(C2CCC2)C1. The van der Waals surface area contributed by atoms with Crippen LogP contribution in [0.15, 0.2) is 0 Å². The van der Waals surface area contributed by atoms with Crippen LogP contribution in [-0.2, 0) is 4.74 Å². The van der Waals surface area contributed by atoms with Gasteiger partial charge in [0.2, 0.25) is 0 Å². The maximum atomic E-state index is 11.9. The molecule has 1 aliphatic carbocycles. The van der Waals surface area contributed by atoms with Crippen molar-refractivity contribution in [1.82, 2.24) is 4.90 Å². The van der Waals surface area contributed by atoms with Crippen LogP contribution in [0.4, 0.5) is 4.79 Å². The highest BCUT2D eigenvalue weighted by Gasteiger charge is 2.41. The first-order chi connectivity index (χ1) is 7.87. The van der Waals surface area contributed by atoms with Gasteiger partial charge in [-0.25, -0.2) is 4.79 Å². The third-order valence-electron chi connectivity index (χ3n) is 3.74. The maximum Gasteiger partial charge on any atom is 0.410 e. The van der Waals surface area contributed by atoms with E-state index < -0.39 is 5.60 Å². The van der Waals surface area contributed by atoms with E-state index in [-0.39, 0.29) is 18.1 Å². The van der Waals surface area contributed by atoms with Gasteiger partial charge in [0.1, 0.15) is 5.60 Å². The highest BCUT2D eigenvalue weighted by molar-refractivity contribution is 5.68. The zero-order valence-corrected chi connectivity index (χ0v) is 11.0. The number of likely N-dealkylation sites (tertiary alicyclic amines) is 1. The fraction of sp³-hybridized carbons (Fsp3) is 0.923. The lowest BCUT2D eigenvalue weighted by atomic mass is 9.75. The molecule has 1 heterocycles. The third-order valence-corrected chi connectivity index (χ3v) is 3.74. The first-order valence-electron chi connectivity index (χ1n) is 6.53. The van der Waals surface area contributed by atoms with Crippen molar-refractivity contribution in [1.29, 1.82) is 0 Å². The Morgan fingerprint density at radius 1 is 1.29 bits per heavy atom. The molecule has 0 radical (unpaired) electrons. The molecule has 1 N–H and O–H groups in total. The lowest BCUT2D eigenvalue weighted by molar-refractivity contribution is 0.0269. The van der Waals surface area contributed by atoms with E-state index in [1.54, 1.807) is 4.90 Å². The van der Waals surface area contributed by atoms with Gasteiger partial charge >= 0.3 is 6.09 Å². The summed E-state index contributed by atoms with van der Waals surface area (Å²) >= 11 is 0. The van der Waals surface area contributed by atoms with E-state index in [0.29, 0.717) is 19.0 Å². The fourth-order valence-corrected chi connectivity index (χ4v) is 2.62. The summed E-state index contributed by atoms with van der Waals surface area (Å²) in [6.07, 6.45) is 3.00. The zero-order chi connectivity index (χ0) is 12.6. The molecule has 0 aromatic rings. The first-order valence-corrected chi connectivity index (χ1v) is 6.53. The predicted molar refractivity (Wildman–Crippen MR) is 64.6 cm³/mol. The Morgan fingerprint density at radius 2 is 1.94 bits per heavy atom. The Bertz CT molecular complexity index is 294. The van der Waals surface area contributed by atoms with Gasteiger partial charge in [-0.15, -0.1) is 0 Å². The van der Waals surface area contributed by atoms with Crippen molar-refractivity contribution >= 4 is 6.09 Å². The van der Waals surface area contributed by atoms with Gasteiger partial charge in [0.05, 0.1) is 12.6 Å². The minimum absolute atomic E-state index is 0.260. The monoisotopic (exact) mass is 241 g/mol. The molecule has 2 unspecified atom stereocenters. The highest BCUT2D eigenvalue weighted by Crippen LogP contribution is 2.38. The Balaban J connectivity index is 1.89. The Morgan fingerprint density at radius 3 is 2.41 bits per heavy atom. The number of rotatable bonds is 1. The van der Waals surface area contributed by atoms with Crippen LogP contribution in [0.5, 0.6) is 0 Å². The van der Waals surface area contributed by atoms with Crippen LogP contribution < -0.4 is 0 Å². The van der Waals surface area contributed by atoms with Crippen molar-refractivity contribution in [3.8, 4) is 0 Å². The summed E-state index contributed by atoms with van der Waals surface area (Å²) in [5, 5.41) is 9.99. The molecule has 1 amide bonds. The molecule has 1 saturated heterocycles. The molecule has 0 bridgehead atoms. The molecule has 1 aliphatic heterocycles. The third kappa shape index (κ3) is 2.92. The van der Waals surface area contributed by atoms with Crippen LogP contribution in [0.1, 0.15) is 40.0 Å². The number of aliphatic hydroxyl groups is 1. The fourth-order valence-electron chi connectivity index (χ4n) is 2.62. The molecule has 2 aliphatic rings. The molecule has 0 aromatic carbocycles. The number of nitrogens with zero attached hydrogens (tertiary/aromatic N) is 1. The lowest BCUT2D eigenvalue weighted by Crippen LogP contribution is -2.36. The normalized spacial score (nSPS) is 30.2. The number of carbonyl (C=O) groups excluding carboxylic acids is 1. The van der Waals surface area contributed by atoms with Gasteiger partial charge in [0.15, 0.2) is 0 Å². The number of β-amino-alcohol motifs (C(OH)–C–C–N with tert-alkyl or cyclic N) is 1. The molecule has 4 heteroatoms. The van der Waals surface area contributed by atoms with E-state index in [9.17, 15) is 9.90 Å². The summed E-state index contributed by atoms with van der Waals surface area (Å²) in [6.45, 7) is 6.67. The molecule has 0 aromatic heterocycles. The van der Waals surface area contributed by atoms with Crippen LogP contribution in [-0.4, -0.2) is 40.9 Å². The van der Waals surface area contributed by atoms with Gasteiger partial charge in [0.25, 0.3) is 0 Å². The molecule has 0 spiro atoms. The van der Waals surface area contributed by atoms with E-state index in [2.05, 4.69) is 0 Å². The van der Waals surface area contributed by atoms with Gasteiger partial charge in [-0.05, 0) is 26.7 Å². The van der Waals surface area contributed by atoms with E-state index in [1.165, 1.54) is 19.3 Å². The summed E-state index contributed by atoms with van der Waals surface area (Å²) in [6, 6.07) is 0. The van der Waals surface area contributed by atoms with Gasteiger partial charge in [-0.1, -0.05) is 19.3 Å². The number of ether oxygens (including phenoxy) is 1. The van der Waals surface area contributed by atoms with Crippen LogP contribution in [0.3, 0.4) is 0 Å². The van der Waals surface area contributed by atoms with Gasteiger partial charge < -0.3 is 14.7 Å². The topological polar surface area (TPSA) is 49.8 Å². The summed E-state index contributed by atoms with van der Waals surface area (Å²) in [5.41, 5.74) is -0.462. The molecule has 2 atom stereocenters. The van der Waals surface area contributed by atoms with Crippen LogP contribution in [0, 0.1) is 11.8 Å². The van der Waals surface area contributed by atoms with Crippen molar-refractivity contribution in [2.45, 2.75) is 51.7 Å². The maximum absolute atomic E-state index is 11.9. The van der Waals surface area contributed by atoms with Crippen LogP contribution >= 0.6 is 0 Å². The summed E-state index contributed by atoms with van der Waals surface area (Å²) in [5.74, 6) is 0.869. The summed E-state index contributed by atoms with van der Waals surface area (Å²) in [4.78, 5) is 13.5. The quantitative estimate of drug-likeness (QED) is 0.764. The average Bonchev–Trinajstić information content (AvgIpc) is 2.42. The van der Waals surface area contributed by atoms with Crippen molar-refractivity contribution < 1.29 is 14.6 Å². The number of hydrogen-bond donors (Lipinski definition) is 1. The molecule has 98 valence electrons. The minimum atomic E-state index is -0.462. The van der Waals surface area contributed by atoms with Crippen molar-refractivity contribution in [2.75, 3.05) is 13.1 Å². The molecule has 17 heavy (non-hydrogen) atoms. The van der Waals surface area contributed by atoms with Crippen molar-refractivity contribution in [2.24, 2.45) is 11.8 Å². The molecular formula is C13H23NO3.